The van der Waals surface area contributed by atoms with Crippen molar-refractivity contribution >= 4 is 15.9 Å². The zero-order valence-corrected chi connectivity index (χ0v) is 9.63. The molecule has 74 valence electrons. The van der Waals surface area contributed by atoms with Crippen LogP contribution in [0.3, 0.4) is 0 Å². The Morgan fingerprint density at radius 1 is 1.00 bits per heavy atom. The topological polar surface area (TPSA) is 25.8 Å². The van der Waals surface area contributed by atoms with Crippen molar-refractivity contribution in [3.05, 3.63) is 22.2 Å². The smallest absolute Gasteiger partial charge is 0.197 e. The molecule has 0 spiro atoms. The summed E-state index contributed by atoms with van der Waals surface area (Å²) in [4.78, 5) is 8.91. The van der Waals surface area contributed by atoms with E-state index in [-0.39, 0.29) is 0 Å². The van der Waals surface area contributed by atoms with Crippen LogP contribution < -0.4 is 0 Å². The van der Waals surface area contributed by atoms with Crippen LogP contribution in [0.15, 0.2) is 10.8 Å². The summed E-state index contributed by atoms with van der Waals surface area (Å²) in [6, 6.07) is 2.23. The molecule has 3 heteroatoms. The van der Waals surface area contributed by atoms with Crippen molar-refractivity contribution in [1.82, 2.24) is 9.97 Å². The van der Waals surface area contributed by atoms with E-state index in [9.17, 15) is 0 Å². The predicted molar refractivity (Wildman–Crippen MR) is 58.3 cm³/mol. The number of hydrogen-bond donors (Lipinski definition) is 0. The minimum Gasteiger partial charge on any atom is -0.227 e. The van der Waals surface area contributed by atoms with E-state index in [1.54, 1.807) is 0 Å². The molecule has 0 bridgehead atoms. The Morgan fingerprint density at radius 3 is 2.00 bits per heavy atom. The summed E-state index contributed by atoms with van der Waals surface area (Å²) in [6.45, 7) is 0. The second kappa shape index (κ2) is 3.30. The molecule has 0 saturated heterocycles. The van der Waals surface area contributed by atoms with Gasteiger partial charge in [0.25, 0.3) is 0 Å². The maximum Gasteiger partial charge on any atom is 0.197 e. The Hall–Kier alpha value is -0.440. The molecule has 3 rings (SSSR count). The van der Waals surface area contributed by atoms with Gasteiger partial charge in [0.2, 0.25) is 0 Å². The van der Waals surface area contributed by atoms with Crippen LogP contribution in [0.4, 0.5) is 0 Å². The van der Waals surface area contributed by atoms with E-state index in [1.807, 2.05) is 0 Å². The first kappa shape index (κ1) is 8.84. The van der Waals surface area contributed by atoms with E-state index in [0.29, 0.717) is 5.92 Å². The molecule has 2 saturated carbocycles. The normalized spacial score (nSPS) is 22.1. The molecule has 1 aromatic heterocycles. The summed E-state index contributed by atoms with van der Waals surface area (Å²) in [6.07, 6.45) is 6.62. The van der Waals surface area contributed by atoms with Crippen molar-refractivity contribution in [2.75, 3.05) is 0 Å². The summed E-state index contributed by atoms with van der Waals surface area (Å²) in [5.41, 5.74) is 2.52. The first-order chi connectivity index (χ1) is 6.83. The van der Waals surface area contributed by atoms with E-state index >= 15 is 0 Å². The summed E-state index contributed by atoms with van der Waals surface area (Å²) in [7, 11) is 0. The fourth-order valence-corrected chi connectivity index (χ4v) is 2.37. The molecule has 0 atom stereocenters. The molecule has 2 aliphatic carbocycles. The van der Waals surface area contributed by atoms with Gasteiger partial charge in [0.05, 0.1) is 0 Å². The van der Waals surface area contributed by atoms with Crippen LogP contribution in [-0.2, 0) is 0 Å². The SMILES string of the molecule is Brc1nc(C2CCC2)cc(C2CC2)n1. The average molecular weight is 253 g/mol. The highest BCUT2D eigenvalue weighted by atomic mass is 79.9. The summed E-state index contributed by atoms with van der Waals surface area (Å²) >= 11 is 3.41. The van der Waals surface area contributed by atoms with Gasteiger partial charge in [0.15, 0.2) is 4.73 Å². The maximum absolute atomic E-state index is 4.47. The molecule has 1 aromatic rings. The third-order valence-corrected chi connectivity index (χ3v) is 3.61. The lowest BCUT2D eigenvalue weighted by atomic mass is 9.82. The molecule has 0 radical (unpaired) electrons. The molecular weight excluding hydrogens is 240 g/mol. The van der Waals surface area contributed by atoms with Crippen LogP contribution in [0.5, 0.6) is 0 Å². The Balaban J connectivity index is 1.93. The molecule has 0 aromatic carbocycles. The Kier molecular flexibility index (Phi) is 2.08. The second-order valence-corrected chi connectivity index (χ2v) is 5.10. The highest BCUT2D eigenvalue weighted by Crippen LogP contribution is 2.42. The molecule has 14 heavy (non-hydrogen) atoms. The zero-order chi connectivity index (χ0) is 9.54. The molecule has 0 aliphatic heterocycles. The minimum absolute atomic E-state index is 0.715. The molecule has 2 aliphatic rings. The number of rotatable bonds is 2. The molecule has 2 fully saturated rings. The number of hydrogen-bond acceptors (Lipinski definition) is 2. The van der Waals surface area contributed by atoms with Crippen LogP contribution in [0.1, 0.15) is 55.3 Å². The molecule has 1 heterocycles. The highest BCUT2D eigenvalue weighted by Gasteiger charge is 2.28. The van der Waals surface area contributed by atoms with Gasteiger partial charge in [0, 0.05) is 23.2 Å². The molecule has 2 nitrogen and oxygen atoms in total. The van der Waals surface area contributed by atoms with Crippen molar-refractivity contribution < 1.29 is 0 Å². The van der Waals surface area contributed by atoms with Crippen molar-refractivity contribution in [2.24, 2.45) is 0 Å². The van der Waals surface area contributed by atoms with Crippen molar-refractivity contribution in [3.63, 3.8) is 0 Å². The second-order valence-electron chi connectivity index (χ2n) is 4.39. The third-order valence-electron chi connectivity index (χ3n) is 3.26. The lowest BCUT2D eigenvalue weighted by molar-refractivity contribution is 0.409. The van der Waals surface area contributed by atoms with E-state index in [4.69, 9.17) is 0 Å². The van der Waals surface area contributed by atoms with Crippen LogP contribution in [-0.4, -0.2) is 9.97 Å². The fourth-order valence-electron chi connectivity index (χ4n) is 1.96. The largest absolute Gasteiger partial charge is 0.227 e. The van der Waals surface area contributed by atoms with E-state index in [1.165, 1.54) is 43.5 Å². The van der Waals surface area contributed by atoms with E-state index < -0.39 is 0 Å². The van der Waals surface area contributed by atoms with E-state index in [2.05, 4.69) is 32.0 Å². The summed E-state index contributed by atoms with van der Waals surface area (Å²) in [5.74, 6) is 1.44. The van der Waals surface area contributed by atoms with Gasteiger partial charge in [0.1, 0.15) is 0 Å². The Morgan fingerprint density at radius 2 is 1.57 bits per heavy atom. The fraction of sp³-hybridized carbons (Fsp3) is 0.636. The van der Waals surface area contributed by atoms with Crippen LogP contribution in [0.25, 0.3) is 0 Å². The summed E-state index contributed by atoms with van der Waals surface area (Å²) in [5, 5.41) is 0. The van der Waals surface area contributed by atoms with Crippen LogP contribution in [0.2, 0.25) is 0 Å². The molecule has 0 unspecified atom stereocenters. The first-order valence-corrected chi connectivity index (χ1v) is 6.16. The zero-order valence-electron chi connectivity index (χ0n) is 8.04. The van der Waals surface area contributed by atoms with Gasteiger partial charge >= 0.3 is 0 Å². The molecular formula is C11H13BrN2. The predicted octanol–water partition coefficient (Wildman–Crippen LogP) is 3.38. The Labute approximate surface area is 92.3 Å². The molecule has 0 N–H and O–H groups in total. The van der Waals surface area contributed by atoms with Gasteiger partial charge < -0.3 is 0 Å². The number of halogens is 1. The van der Waals surface area contributed by atoms with Gasteiger partial charge in [-0.3, -0.25) is 0 Å². The molecule has 0 amide bonds. The lowest BCUT2D eigenvalue weighted by Gasteiger charge is -2.25. The quantitative estimate of drug-likeness (QED) is 0.755. The lowest BCUT2D eigenvalue weighted by Crippen LogP contribution is -2.11. The number of nitrogens with zero attached hydrogens (tertiary/aromatic N) is 2. The third kappa shape index (κ3) is 1.58. The Bertz CT molecular complexity index is 356. The first-order valence-electron chi connectivity index (χ1n) is 5.37. The van der Waals surface area contributed by atoms with Gasteiger partial charge in [-0.05, 0) is 47.7 Å². The van der Waals surface area contributed by atoms with Crippen LogP contribution >= 0.6 is 15.9 Å². The minimum atomic E-state index is 0.715. The summed E-state index contributed by atoms with van der Waals surface area (Å²) < 4.78 is 0.781. The van der Waals surface area contributed by atoms with Gasteiger partial charge in [-0.1, -0.05) is 6.42 Å². The van der Waals surface area contributed by atoms with Crippen LogP contribution in [0, 0.1) is 0 Å². The average Bonchev–Trinajstić information content (AvgIpc) is 2.80. The van der Waals surface area contributed by atoms with Crippen molar-refractivity contribution in [1.29, 1.82) is 0 Å². The van der Waals surface area contributed by atoms with Gasteiger partial charge in [-0.15, -0.1) is 0 Å². The standard InChI is InChI=1S/C11H13BrN2/c12-11-13-9(7-2-1-3-7)6-10(14-11)8-4-5-8/h6-8H,1-5H2. The van der Waals surface area contributed by atoms with Crippen molar-refractivity contribution in [3.8, 4) is 0 Å². The highest BCUT2D eigenvalue weighted by molar-refractivity contribution is 9.10. The monoisotopic (exact) mass is 252 g/mol. The van der Waals surface area contributed by atoms with Gasteiger partial charge in [-0.2, -0.15) is 0 Å². The van der Waals surface area contributed by atoms with Gasteiger partial charge in [-0.25, -0.2) is 9.97 Å². The number of aromatic nitrogens is 2. The van der Waals surface area contributed by atoms with E-state index in [0.717, 1.165) is 10.7 Å². The van der Waals surface area contributed by atoms with Crippen molar-refractivity contribution in [2.45, 2.75) is 43.9 Å². The maximum atomic E-state index is 4.47.